The Balaban J connectivity index is 3.60. The molecule has 0 bridgehead atoms. The minimum Gasteiger partial charge on any atom is -0.464 e. The van der Waals surface area contributed by atoms with Crippen LogP contribution in [0.15, 0.2) is 12.2 Å². The number of hydrogen-bond acceptors (Lipinski definition) is 2. The Morgan fingerprint density at radius 3 is 2.64 bits per heavy atom. The van der Waals surface area contributed by atoms with Crippen molar-refractivity contribution in [1.29, 1.82) is 0 Å². The van der Waals surface area contributed by atoms with Crippen LogP contribution in [0.1, 0.15) is 6.92 Å². The van der Waals surface area contributed by atoms with E-state index in [1.807, 2.05) is 0 Å². The third-order valence-corrected chi connectivity index (χ3v) is 1.83. The number of ether oxygens (including phenoxy) is 1. The summed E-state index contributed by atoms with van der Waals surface area (Å²) >= 11 is 11.2. The largest absolute Gasteiger partial charge is 0.464 e. The smallest absolute Gasteiger partial charge is 0.302 e. The highest BCUT2D eigenvalue weighted by Crippen LogP contribution is 2.09. The lowest BCUT2D eigenvalue weighted by Crippen LogP contribution is -2.14. The molecule has 0 heterocycles. The van der Waals surface area contributed by atoms with E-state index in [9.17, 15) is 4.79 Å². The van der Waals surface area contributed by atoms with Crippen LogP contribution < -0.4 is 0 Å². The Morgan fingerprint density at radius 2 is 2.27 bits per heavy atom. The fraction of sp³-hybridized carbons (Fsp3) is 0.571. The maximum Gasteiger partial charge on any atom is 0.302 e. The van der Waals surface area contributed by atoms with Gasteiger partial charge in [-0.2, -0.15) is 0 Å². The fourth-order valence-corrected chi connectivity index (χ4v) is 0.797. The van der Waals surface area contributed by atoms with Crippen molar-refractivity contribution in [3.05, 3.63) is 12.2 Å². The minimum atomic E-state index is -0.378. The molecule has 0 aromatic heterocycles. The highest BCUT2D eigenvalue weighted by Gasteiger charge is 2.09. The van der Waals surface area contributed by atoms with Gasteiger partial charge in [0.05, 0.1) is 5.38 Å². The lowest BCUT2D eigenvalue weighted by molar-refractivity contribution is -0.140. The van der Waals surface area contributed by atoms with E-state index in [4.69, 9.17) is 23.2 Å². The van der Waals surface area contributed by atoms with Crippen LogP contribution in [-0.2, 0) is 9.53 Å². The van der Waals surface area contributed by atoms with Crippen molar-refractivity contribution in [3.63, 3.8) is 0 Å². The fourth-order valence-electron chi connectivity index (χ4n) is 0.392. The minimum absolute atomic E-state index is 0.141. The summed E-state index contributed by atoms with van der Waals surface area (Å²) in [6.07, 6.45) is 0. The molecule has 1 atom stereocenters. The Bertz CT molecular complexity index is 157. The zero-order valence-electron chi connectivity index (χ0n) is 6.27. The van der Waals surface area contributed by atoms with E-state index in [0.717, 1.165) is 0 Å². The molecule has 0 N–H and O–H groups in total. The summed E-state index contributed by atoms with van der Waals surface area (Å²) in [4.78, 5) is 10.3. The highest BCUT2D eigenvalue weighted by atomic mass is 35.5. The van der Waals surface area contributed by atoms with Crippen LogP contribution in [0, 0.1) is 0 Å². The first-order valence-electron chi connectivity index (χ1n) is 3.09. The van der Waals surface area contributed by atoms with Crippen LogP contribution >= 0.6 is 23.2 Å². The molecule has 64 valence electrons. The number of esters is 1. The number of hydrogen-bond donors (Lipinski definition) is 0. The Kier molecular flexibility index (Phi) is 5.34. The van der Waals surface area contributed by atoms with Gasteiger partial charge in [-0.1, -0.05) is 6.58 Å². The maximum absolute atomic E-state index is 10.3. The van der Waals surface area contributed by atoms with E-state index >= 15 is 0 Å². The van der Waals surface area contributed by atoms with Gasteiger partial charge < -0.3 is 4.74 Å². The molecule has 0 saturated carbocycles. The van der Waals surface area contributed by atoms with Gasteiger partial charge in [0, 0.05) is 12.8 Å². The molecule has 0 spiro atoms. The van der Waals surface area contributed by atoms with Gasteiger partial charge in [0.15, 0.2) is 0 Å². The first kappa shape index (κ1) is 10.8. The van der Waals surface area contributed by atoms with Gasteiger partial charge in [-0.3, -0.25) is 4.79 Å². The average Bonchev–Trinajstić information content (AvgIpc) is 1.98. The van der Waals surface area contributed by atoms with Crippen molar-refractivity contribution in [2.24, 2.45) is 0 Å². The van der Waals surface area contributed by atoms with E-state index in [0.29, 0.717) is 5.57 Å². The lowest BCUT2D eigenvalue weighted by atomic mass is 10.2. The van der Waals surface area contributed by atoms with Gasteiger partial charge in [-0.05, 0) is 5.57 Å². The number of halogens is 2. The van der Waals surface area contributed by atoms with Gasteiger partial charge in [0.2, 0.25) is 0 Å². The van der Waals surface area contributed by atoms with Gasteiger partial charge in [0.25, 0.3) is 0 Å². The van der Waals surface area contributed by atoms with Crippen molar-refractivity contribution in [3.8, 4) is 0 Å². The van der Waals surface area contributed by atoms with Crippen LogP contribution in [0.25, 0.3) is 0 Å². The Labute approximate surface area is 76.1 Å². The second-order valence-electron chi connectivity index (χ2n) is 2.06. The van der Waals surface area contributed by atoms with Crippen molar-refractivity contribution >= 4 is 29.2 Å². The molecule has 0 aromatic rings. The Hall–Kier alpha value is -0.210. The Morgan fingerprint density at radius 1 is 1.73 bits per heavy atom. The van der Waals surface area contributed by atoms with Crippen LogP contribution in [0.3, 0.4) is 0 Å². The predicted octanol–water partition coefficient (Wildman–Crippen LogP) is 1.95. The van der Waals surface area contributed by atoms with Gasteiger partial charge >= 0.3 is 5.97 Å². The van der Waals surface area contributed by atoms with Crippen molar-refractivity contribution < 1.29 is 9.53 Å². The zero-order valence-corrected chi connectivity index (χ0v) is 7.78. The molecular weight excluding hydrogens is 187 g/mol. The molecule has 0 aliphatic heterocycles. The summed E-state index contributed by atoms with van der Waals surface area (Å²) < 4.78 is 4.64. The molecule has 0 fully saturated rings. The quantitative estimate of drug-likeness (QED) is 0.391. The second-order valence-corrected chi connectivity index (χ2v) is 2.86. The molecule has 0 aromatic carbocycles. The third-order valence-electron chi connectivity index (χ3n) is 1.05. The van der Waals surface area contributed by atoms with Crippen LogP contribution in [0.2, 0.25) is 0 Å². The summed E-state index contributed by atoms with van der Waals surface area (Å²) in [5, 5.41) is -0.378. The van der Waals surface area contributed by atoms with Gasteiger partial charge in [0.1, 0.15) is 6.61 Å². The summed E-state index contributed by atoms with van der Waals surface area (Å²) in [7, 11) is 0. The molecule has 0 radical (unpaired) electrons. The van der Waals surface area contributed by atoms with E-state index in [-0.39, 0.29) is 23.8 Å². The zero-order chi connectivity index (χ0) is 8.85. The monoisotopic (exact) mass is 196 g/mol. The van der Waals surface area contributed by atoms with Crippen molar-refractivity contribution in [2.75, 3.05) is 12.5 Å². The maximum atomic E-state index is 10.3. The first-order chi connectivity index (χ1) is 5.07. The number of carbonyl (C=O) groups is 1. The summed E-state index contributed by atoms with van der Waals surface area (Å²) in [5.74, 6) is -0.0619. The van der Waals surface area contributed by atoms with Crippen LogP contribution in [-0.4, -0.2) is 23.8 Å². The molecule has 11 heavy (non-hydrogen) atoms. The second kappa shape index (κ2) is 5.44. The number of rotatable bonds is 4. The molecule has 0 aliphatic rings. The standard InChI is InChI=1S/C7H10Cl2O2/c1-5(3-8)7(9)4-11-6(2)10/h7H,1,3-4H2,2H3. The lowest BCUT2D eigenvalue weighted by Gasteiger charge is -2.09. The van der Waals surface area contributed by atoms with Gasteiger partial charge in [-0.15, -0.1) is 23.2 Å². The normalized spacial score (nSPS) is 12.3. The van der Waals surface area contributed by atoms with E-state index in [2.05, 4.69) is 11.3 Å². The molecule has 0 saturated heterocycles. The molecule has 2 nitrogen and oxygen atoms in total. The molecule has 4 heteroatoms. The third kappa shape index (κ3) is 5.10. The molecule has 0 rings (SSSR count). The SMILES string of the molecule is C=C(CCl)C(Cl)COC(C)=O. The van der Waals surface area contributed by atoms with E-state index < -0.39 is 0 Å². The highest BCUT2D eigenvalue weighted by molar-refractivity contribution is 6.25. The molecule has 1 unspecified atom stereocenters. The number of carbonyl (C=O) groups excluding carboxylic acids is 1. The summed E-state index contributed by atoms with van der Waals surface area (Å²) in [6, 6.07) is 0. The van der Waals surface area contributed by atoms with Crippen molar-refractivity contribution in [1.82, 2.24) is 0 Å². The molecular formula is C7H10Cl2O2. The van der Waals surface area contributed by atoms with Gasteiger partial charge in [-0.25, -0.2) is 0 Å². The van der Waals surface area contributed by atoms with E-state index in [1.54, 1.807) is 0 Å². The average molecular weight is 197 g/mol. The van der Waals surface area contributed by atoms with E-state index in [1.165, 1.54) is 6.92 Å². The molecule has 0 aliphatic carbocycles. The summed E-state index contributed by atoms with van der Waals surface area (Å²) in [6.45, 7) is 5.06. The summed E-state index contributed by atoms with van der Waals surface area (Å²) in [5.41, 5.74) is 0.662. The van der Waals surface area contributed by atoms with Crippen LogP contribution in [0.5, 0.6) is 0 Å². The topological polar surface area (TPSA) is 26.3 Å². The van der Waals surface area contributed by atoms with Crippen molar-refractivity contribution in [2.45, 2.75) is 12.3 Å². The first-order valence-corrected chi connectivity index (χ1v) is 4.06. The number of alkyl halides is 2. The molecule has 0 amide bonds. The predicted molar refractivity (Wildman–Crippen MR) is 46.1 cm³/mol. The van der Waals surface area contributed by atoms with Crippen LogP contribution in [0.4, 0.5) is 0 Å².